The molecule has 1 heterocycles. The second-order valence-electron chi connectivity index (χ2n) is 4.41. The molecule has 108 valence electrons. The van der Waals surface area contributed by atoms with Crippen LogP contribution in [0.3, 0.4) is 0 Å². The Morgan fingerprint density at radius 3 is 2.84 bits per heavy atom. The molecule has 0 fully saturated rings. The van der Waals surface area contributed by atoms with E-state index < -0.39 is 0 Å². The molecule has 1 aromatic rings. The van der Waals surface area contributed by atoms with E-state index in [0.29, 0.717) is 0 Å². The van der Waals surface area contributed by atoms with Crippen molar-refractivity contribution < 1.29 is 0 Å². The molecule has 0 atom stereocenters. The number of hydrogen-bond donors (Lipinski definition) is 2. The quantitative estimate of drug-likeness (QED) is 0.564. The summed E-state index contributed by atoms with van der Waals surface area (Å²) < 4.78 is 0. The van der Waals surface area contributed by atoms with Crippen LogP contribution in [0.2, 0.25) is 0 Å². The number of likely N-dealkylation sites (N-methyl/N-ethyl adjacent to an activating group) is 1. The molecule has 0 spiro atoms. The Bertz CT molecular complexity index is 348. The number of hydrogen-bond acceptors (Lipinski definition) is 3. The minimum atomic E-state index is 0.832. The smallest absolute Gasteiger partial charge is 0.191 e. The summed E-state index contributed by atoms with van der Waals surface area (Å²) in [4.78, 5) is 8.25. The zero-order valence-corrected chi connectivity index (χ0v) is 13.1. The normalized spacial score (nSPS) is 11.9. The zero-order valence-electron chi connectivity index (χ0n) is 12.3. The Labute approximate surface area is 120 Å². The fraction of sp³-hybridized carbons (Fsp3) is 0.643. The van der Waals surface area contributed by atoms with Gasteiger partial charge in [-0.15, -0.1) is 11.3 Å². The molecule has 0 amide bonds. The predicted molar refractivity (Wildman–Crippen MR) is 85.2 cm³/mol. The van der Waals surface area contributed by atoms with Gasteiger partial charge in [0.1, 0.15) is 0 Å². The summed E-state index contributed by atoms with van der Waals surface area (Å²) in [6.07, 6.45) is 1.05. The van der Waals surface area contributed by atoms with Crippen molar-refractivity contribution in [1.82, 2.24) is 15.5 Å². The van der Waals surface area contributed by atoms with Crippen LogP contribution in [0.25, 0.3) is 0 Å². The summed E-state index contributed by atoms with van der Waals surface area (Å²) in [5, 5.41) is 8.78. The highest BCUT2D eigenvalue weighted by Gasteiger charge is 1.99. The highest BCUT2D eigenvalue weighted by Crippen LogP contribution is 2.07. The first-order chi connectivity index (χ1) is 9.26. The molecule has 0 saturated heterocycles. The Balaban J connectivity index is 2.28. The van der Waals surface area contributed by atoms with Crippen LogP contribution in [0.5, 0.6) is 0 Å². The maximum atomic E-state index is 4.58. The summed E-state index contributed by atoms with van der Waals surface area (Å²) in [6.45, 7) is 8.97. The van der Waals surface area contributed by atoms with Gasteiger partial charge >= 0.3 is 0 Å². The molecule has 2 N–H and O–H groups in total. The van der Waals surface area contributed by atoms with Gasteiger partial charge in [0.15, 0.2) is 5.96 Å². The van der Waals surface area contributed by atoms with Gasteiger partial charge in [0.25, 0.3) is 0 Å². The highest BCUT2D eigenvalue weighted by molar-refractivity contribution is 7.09. The average Bonchev–Trinajstić information content (AvgIpc) is 2.91. The number of rotatable bonds is 8. The van der Waals surface area contributed by atoms with Crippen LogP contribution in [0.1, 0.15) is 18.7 Å². The molecule has 0 unspecified atom stereocenters. The van der Waals surface area contributed by atoms with Gasteiger partial charge in [0, 0.05) is 24.5 Å². The maximum Gasteiger partial charge on any atom is 0.191 e. The van der Waals surface area contributed by atoms with Crippen LogP contribution < -0.4 is 10.6 Å². The van der Waals surface area contributed by atoms with Crippen LogP contribution in [-0.4, -0.2) is 50.6 Å². The second kappa shape index (κ2) is 9.81. The van der Waals surface area contributed by atoms with Crippen LogP contribution in [0.4, 0.5) is 0 Å². The summed E-state index contributed by atoms with van der Waals surface area (Å²) in [5.41, 5.74) is 0. The third-order valence-electron chi connectivity index (χ3n) is 2.88. The van der Waals surface area contributed by atoms with E-state index in [1.807, 2.05) is 0 Å². The summed E-state index contributed by atoms with van der Waals surface area (Å²) >= 11 is 1.81. The lowest BCUT2D eigenvalue weighted by Gasteiger charge is -2.14. The monoisotopic (exact) mass is 282 g/mol. The van der Waals surface area contributed by atoms with Crippen molar-refractivity contribution in [3.8, 4) is 0 Å². The molecule has 4 nitrogen and oxygen atoms in total. The van der Waals surface area contributed by atoms with Crippen LogP contribution in [-0.2, 0) is 6.42 Å². The molecule has 0 aromatic carbocycles. The van der Waals surface area contributed by atoms with E-state index in [0.717, 1.165) is 45.1 Å². The standard InChI is InChI=1S/C14H26N4S/c1-4-15-14(17-10-11-18(3)5-2)16-9-8-13-7-6-12-19-13/h6-7,12H,4-5,8-11H2,1-3H3,(H2,15,16,17). The van der Waals surface area contributed by atoms with E-state index in [4.69, 9.17) is 0 Å². The van der Waals surface area contributed by atoms with Crippen LogP contribution in [0.15, 0.2) is 22.5 Å². The van der Waals surface area contributed by atoms with Crippen molar-refractivity contribution in [2.45, 2.75) is 20.3 Å². The number of thiophene rings is 1. The first-order valence-corrected chi connectivity index (χ1v) is 7.87. The Kier molecular flexibility index (Phi) is 8.25. The van der Waals surface area contributed by atoms with Crippen molar-refractivity contribution in [3.05, 3.63) is 22.4 Å². The van der Waals surface area contributed by atoms with Gasteiger partial charge in [0.05, 0.1) is 6.54 Å². The van der Waals surface area contributed by atoms with Gasteiger partial charge in [0.2, 0.25) is 0 Å². The third kappa shape index (κ3) is 7.18. The van der Waals surface area contributed by atoms with E-state index in [-0.39, 0.29) is 0 Å². The van der Waals surface area contributed by atoms with Gasteiger partial charge < -0.3 is 15.5 Å². The molecule has 5 heteroatoms. The first kappa shape index (κ1) is 16.0. The molecular weight excluding hydrogens is 256 g/mol. The molecule has 0 saturated carbocycles. The number of guanidine groups is 1. The molecule has 0 bridgehead atoms. The molecule has 0 aliphatic heterocycles. The van der Waals surface area contributed by atoms with Crippen molar-refractivity contribution >= 4 is 17.3 Å². The summed E-state index contributed by atoms with van der Waals surface area (Å²) in [7, 11) is 2.12. The highest BCUT2D eigenvalue weighted by atomic mass is 32.1. The van der Waals surface area contributed by atoms with E-state index in [2.05, 4.69) is 58.9 Å². The minimum absolute atomic E-state index is 0.832. The fourth-order valence-electron chi connectivity index (χ4n) is 1.59. The SMILES string of the molecule is CCNC(=NCCN(C)CC)NCCc1cccs1. The number of nitrogens with zero attached hydrogens (tertiary/aromatic N) is 2. The molecule has 1 rings (SSSR count). The van der Waals surface area contributed by atoms with Crippen LogP contribution in [0, 0.1) is 0 Å². The topological polar surface area (TPSA) is 39.7 Å². The van der Waals surface area contributed by atoms with Gasteiger partial charge in [-0.1, -0.05) is 13.0 Å². The number of nitrogens with one attached hydrogen (secondary N) is 2. The van der Waals surface area contributed by atoms with Crippen molar-refractivity contribution in [1.29, 1.82) is 0 Å². The van der Waals surface area contributed by atoms with Crippen molar-refractivity contribution in [2.24, 2.45) is 4.99 Å². The zero-order chi connectivity index (χ0) is 13.9. The first-order valence-electron chi connectivity index (χ1n) is 6.99. The predicted octanol–water partition coefficient (Wildman–Crippen LogP) is 1.80. The van der Waals surface area contributed by atoms with Crippen molar-refractivity contribution in [3.63, 3.8) is 0 Å². The van der Waals surface area contributed by atoms with E-state index >= 15 is 0 Å². The van der Waals surface area contributed by atoms with Crippen LogP contribution >= 0.6 is 11.3 Å². The third-order valence-corrected chi connectivity index (χ3v) is 3.82. The molecular formula is C14H26N4S. The Morgan fingerprint density at radius 2 is 2.21 bits per heavy atom. The van der Waals surface area contributed by atoms with E-state index in [9.17, 15) is 0 Å². The largest absolute Gasteiger partial charge is 0.357 e. The maximum absolute atomic E-state index is 4.58. The molecule has 19 heavy (non-hydrogen) atoms. The Hall–Kier alpha value is -1.07. The van der Waals surface area contributed by atoms with Crippen molar-refractivity contribution in [2.75, 3.05) is 39.8 Å². The van der Waals surface area contributed by atoms with E-state index in [1.165, 1.54) is 4.88 Å². The fourth-order valence-corrected chi connectivity index (χ4v) is 2.30. The van der Waals surface area contributed by atoms with Gasteiger partial charge in [-0.3, -0.25) is 4.99 Å². The van der Waals surface area contributed by atoms with Gasteiger partial charge in [-0.05, 0) is 38.4 Å². The molecule has 0 aliphatic carbocycles. The summed E-state index contributed by atoms with van der Waals surface area (Å²) in [5.74, 6) is 0.920. The molecule has 0 aliphatic rings. The molecule has 0 radical (unpaired) electrons. The number of aliphatic imine (C=N–C) groups is 1. The Morgan fingerprint density at radius 1 is 1.37 bits per heavy atom. The van der Waals surface area contributed by atoms with E-state index in [1.54, 1.807) is 11.3 Å². The van der Waals surface area contributed by atoms with Gasteiger partial charge in [-0.25, -0.2) is 0 Å². The second-order valence-corrected chi connectivity index (χ2v) is 5.44. The lowest BCUT2D eigenvalue weighted by atomic mass is 10.3. The lowest BCUT2D eigenvalue weighted by molar-refractivity contribution is 0.363. The molecule has 1 aromatic heterocycles. The minimum Gasteiger partial charge on any atom is -0.357 e. The summed E-state index contributed by atoms with van der Waals surface area (Å²) in [6, 6.07) is 4.27. The lowest BCUT2D eigenvalue weighted by Crippen LogP contribution is -2.38. The van der Waals surface area contributed by atoms with Gasteiger partial charge in [-0.2, -0.15) is 0 Å². The average molecular weight is 282 g/mol.